The molecule has 1 aromatic rings. The van der Waals surface area contributed by atoms with E-state index in [1.54, 1.807) is 0 Å². The zero-order valence-electron chi connectivity index (χ0n) is 15.4. The number of nitrogens with one attached hydrogen (secondary N) is 1. The van der Waals surface area contributed by atoms with Crippen LogP contribution in [0.15, 0.2) is 35.3 Å². The minimum absolute atomic E-state index is 0. The molecule has 0 saturated carbocycles. The lowest BCUT2D eigenvalue weighted by molar-refractivity contribution is 0.187. The van der Waals surface area contributed by atoms with Crippen LogP contribution in [0.4, 0.5) is 0 Å². The maximum Gasteiger partial charge on any atom is 0.193 e. The molecule has 0 aromatic heterocycles. The average molecular weight is 444 g/mol. The van der Waals surface area contributed by atoms with Crippen LogP contribution in [0.5, 0.6) is 0 Å². The van der Waals surface area contributed by atoms with Crippen molar-refractivity contribution in [1.29, 1.82) is 0 Å². The Balaban J connectivity index is 0.00000288. The van der Waals surface area contributed by atoms with Gasteiger partial charge < -0.3 is 15.1 Å². The summed E-state index contributed by atoms with van der Waals surface area (Å²) in [7, 11) is 3.96. The molecule has 0 radical (unpaired) electrons. The van der Waals surface area contributed by atoms with Crippen LogP contribution < -0.4 is 5.32 Å². The van der Waals surface area contributed by atoms with Crippen molar-refractivity contribution >= 4 is 29.9 Å². The molecular formula is C19H33IN4. The van der Waals surface area contributed by atoms with Crippen LogP contribution in [-0.4, -0.2) is 56.0 Å². The number of guanidine groups is 1. The van der Waals surface area contributed by atoms with E-state index in [0.29, 0.717) is 0 Å². The molecule has 0 atom stereocenters. The summed E-state index contributed by atoms with van der Waals surface area (Å²) in [6.07, 6.45) is 3.93. The van der Waals surface area contributed by atoms with E-state index < -0.39 is 0 Å². The highest BCUT2D eigenvalue weighted by molar-refractivity contribution is 14.0. The molecule has 24 heavy (non-hydrogen) atoms. The number of halogens is 1. The van der Waals surface area contributed by atoms with Crippen LogP contribution in [0.2, 0.25) is 0 Å². The van der Waals surface area contributed by atoms with Gasteiger partial charge in [0.25, 0.3) is 0 Å². The SMILES string of the molecule is CCN1CCC(CCNC(=NC)N(C)Cc2ccccc2)CC1.I. The zero-order chi connectivity index (χ0) is 16.5. The normalized spacial score (nSPS) is 16.5. The molecule has 136 valence electrons. The molecule has 0 bridgehead atoms. The zero-order valence-corrected chi connectivity index (χ0v) is 17.7. The number of nitrogens with zero attached hydrogens (tertiary/aromatic N) is 3. The quantitative estimate of drug-likeness (QED) is 0.415. The molecule has 0 aliphatic carbocycles. The minimum Gasteiger partial charge on any atom is -0.356 e. The Morgan fingerprint density at radius 2 is 1.92 bits per heavy atom. The first kappa shape index (κ1) is 21.2. The number of rotatable bonds is 6. The van der Waals surface area contributed by atoms with Crippen molar-refractivity contribution < 1.29 is 0 Å². The molecule has 2 rings (SSSR count). The van der Waals surface area contributed by atoms with E-state index in [1.807, 2.05) is 7.05 Å². The van der Waals surface area contributed by atoms with Crippen molar-refractivity contribution in [3.63, 3.8) is 0 Å². The summed E-state index contributed by atoms with van der Waals surface area (Å²) in [5.41, 5.74) is 1.31. The van der Waals surface area contributed by atoms with Crippen LogP contribution >= 0.6 is 24.0 Å². The van der Waals surface area contributed by atoms with Crippen molar-refractivity contribution in [1.82, 2.24) is 15.1 Å². The van der Waals surface area contributed by atoms with Gasteiger partial charge in [-0.1, -0.05) is 37.3 Å². The molecule has 4 nitrogen and oxygen atoms in total. The summed E-state index contributed by atoms with van der Waals surface area (Å²) < 4.78 is 0. The second kappa shape index (κ2) is 11.7. The summed E-state index contributed by atoms with van der Waals surface area (Å²) in [5.74, 6) is 1.85. The molecule has 1 N–H and O–H groups in total. The standard InChI is InChI=1S/C19H32N4.HI/c1-4-23-14-11-17(12-15-23)10-13-21-19(20-2)22(3)16-18-8-6-5-7-9-18;/h5-9,17H,4,10-16H2,1-3H3,(H,20,21);1H. The van der Waals surface area contributed by atoms with Gasteiger partial charge in [-0.05, 0) is 50.4 Å². The monoisotopic (exact) mass is 444 g/mol. The smallest absolute Gasteiger partial charge is 0.193 e. The predicted molar refractivity (Wildman–Crippen MR) is 114 cm³/mol. The Morgan fingerprint density at radius 1 is 1.25 bits per heavy atom. The largest absolute Gasteiger partial charge is 0.356 e. The maximum atomic E-state index is 4.42. The lowest BCUT2D eigenvalue weighted by atomic mass is 9.93. The molecule has 1 aliphatic rings. The van der Waals surface area contributed by atoms with Crippen molar-refractivity contribution in [3.8, 4) is 0 Å². The highest BCUT2D eigenvalue weighted by atomic mass is 127. The summed E-state index contributed by atoms with van der Waals surface area (Å²) in [4.78, 5) is 9.16. The first-order valence-corrected chi connectivity index (χ1v) is 8.91. The second-order valence-electron chi connectivity index (χ2n) is 6.48. The molecule has 0 spiro atoms. The molecule has 5 heteroatoms. The Bertz CT molecular complexity index is 470. The molecule has 1 aromatic carbocycles. The molecule has 1 heterocycles. The molecule has 1 aliphatic heterocycles. The van der Waals surface area contributed by atoms with Gasteiger partial charge in [-0.25, -0.2) is 0 Å². The summed E-state index contributed by atoms with van der Waals surface area (Å²) >= 11 is 0. The third kappa shape index (κ3) is 6.97. The number of likely N-dealkylation sites (tertiary alicyclic amines) is 1. The second-order valence-corrected chi connectivity index (χ2v) is 6.48. The van der Waals surface area contributed by atoms with Gasteiger partial charge in [-0.15, -0.1) is 24.0 Å². The fourth-order valence-corrected chi connectivity index (χ4v) is 3.30. The van der Waals surface area contributed by atoms with E-state index in [9.17, 15) is 0 Å². The maximum absolute atomic E-state index is 4.42. The van der Waals surface area contributed by atoms with Gasteiger partial charge in [-0.2, -0.15) is 0 Å². The van der Waals surface area contributed by atoms with E-state index in [1.165, 1.54) is 44.5 Å². The third-order valence-corrected chi connectivity index (χ3v) is 4.83. The van der Waals surface area contributed by atoms with Crippen LogP contribution in [-0.2, 0) is 6.54 Å². The molecule has 1 fully saturated rings. The van der Waals surface area contributed by atoms with Crippen molar-refractivity contribution in [3.05, 3.63) is 35.9 Å². The van der Waals surface area contributed by atoms with Gasteiger partial charge >= 0.3 is 0 Å². The highest BCUT2D eigenvalue weighted by Crippen LogP contribution is 2.19. The van der Waals surface area contributed by atoms with Gasteiger partial charge in [-0.3, -0.25) is 4.99 Å². The number of piperidine rings is 1. The van der Waals surface area contributed by atoms with Crippen molar-refractivity contribution in [2.45, 2.75) is 32.7 Å². The van der Waals surface area contributed by atoms with E-state index >= 15 is 0 Å². The van der Waals surface area contributed by atoms with Gasteiger partial charge in [0, 0.05) is 27.2 Å². The summed E-state index contributed by atoms with van der Waals surface area (Å²) in [6.45, 7) is 7.89. The topological polar surface area (TPSA) is 30.9 Å². The van der Waals surface area contributed by atoms with E-state index in [2.05, 4.69) is 64.4 Å². The highest BCUT2D eigenvalue weighted by Gasteiger charge is 2.17. The molecule has 0 unspecified atom stereocenters. The number of hydrogen-bond acceptors (Lipinski definition) is 2. The van der Waals surface area contributed by atoms with Gasteiger partial charge in [0.1, 0.15) is 0 Å². The van der Waals surface area contributed by atoms with Crippen molar-refractivity contribution in [2.75, 3.05) is 40.3 Å². The van der Waals surface area contributed by atoms with Crippen LogP contribution in [0, 0.1) is 5.92 Å². The first-order valence-electron chi connectivity index (χ1n) is 8.91. The average Bonchev–Trinajstić information content (AvgIpc) is 2.60. The Labute approximate surface area is 164 Å². The summed E-state index contributed by atoms with van der Waals surface area (Å²) in [5, 5.41) is 3.52. The fourth-order valence-electron chi connectivity index (χ4n) is 3.30. The van der Waals surface area contributed by atoms with Gasteiger partial charge in [0.15, 0.2) is 5.96 Å². The summed E-state index contributed by atoms with van der Waals surface area (Å²) in [6, 6.07) is 10.5. The Kier molecular flexibility index (Phi) is 10.3. The first-order chi connectivity index (χ1) is 11.2. The fraction of sp³-hybridized carbons (Fsp3) is 0.632. The number of benzene rings is 1. The molecule has 1 saturated heterocycles. The van der Waals surface area contributed by atoms with E-state index in [4.69, 9.17) is 0 Å². The van der Waals surface area contributed by atoms with Gasteiger partial charge in [0.05, 0.1) is 0 Å². The number of hydrogen-bond donors (Lipinski definition) is 1. The van der Waals surface area contributed by atoms with Gasteiger partial charge in [0.2, 0.25) is 0 Å². The lowest BCUT2D eigenvalue weighted by Crippen LogP contribution is -2.40. The lowest BCUT2D eigenvalue weighted by Gasteiger charge is -2.31. The van der Waals surface area contributed by atoms with E-state index in [-0.39, 0.29) is 24.0 Å². The molecular weight excluding hydrogens is 411 g/mol. The van der Waals surface area contributed by atoms with E-state index in [0.717, 1.165) is 25.0 Å². The van der Waals surface area contributed by atoms with Crippen LogP contribution in [0.3, 0.4) is 0 Å². The Hall–Kier alpha value is -0.820. The third-order valence-electron chi connectivity index (χ3n) is 4.83. The van der Waals surface area contributed by atoms with Crippen LogP contribution in [0.1, 0.15) is 31.7 Å². The van der Waals surface area contributed by atoms with Crippen molar-refractivity contribution in [2.24, 2.45) is 10.9 Å². The number of aliphatic imine (C=N–C) groups is 1. The predicted octanol–water partition coefficient (Wildman–Crippen LogP) is 3.43. The molecule has 0 amide bonds. The minimum atomic E-state index is 0. The Morgan fingerprint density at radius 3 is 2.50 bits per heavy atom. The van der Waals surface area contributed by atoms with Crippen LogP contribution in [0.25, 0.3) is 0 Å².